The molecule has 4 aromatic rings. The van der Waals surface area contributed by atoms with Gasteiger partial charge in [0.05, 0.1) is 18.3 Å². The fraction of sp³-hybridized carbons (Fsp3) is 0.143. The number of benzene rings is 2. The van der Waals surface area contributed by atoms with E-state index in [2.05, 4.69) is 4.98 Å². The Morgan fingerprint density at radius 1 is 1.11 bits per heavy atom. The molecular formula is C21H17ClN2O2S. The summed E-state index contributed by atoms with van der Waals surface area (Å²) in [6, 6.07) is 15.3. The molecule has 2 aromatic carbocycles. The van der Waals surface area contributed by atoms with E-state index in [0.29, 0.717) is 23.6 Å². The van der Waals surface area contributed by atoms with Crippen molar-refractivity contribution >= 4 is 33.2 Å². The molecule has 0 atom stereocenters. The lowest BCUT2D eigenvalue weighted by Gasteiger charge is -2.09. The first kappa shape index (κ1) is 17.8. The Morgan fingerprint density at radius 2 is 1.85 bits per heavy atom. The number of fused-ring (bicyclic) bond motifs is 1. The summed E-state index contributed by atoms with van der Waals surface area (Å²) in [5.74, 6) is 0.792. The van der Waals surface area contributed by atoms with Crippen molar-refractivity contribution in [3.05, 3.63) is 81.2 Å². The van der Waals surface area contributed by atoms with Gasteiger partial charge in [0, 0.05) is 16.0 Å². The van der Waals surface area contributed by atoms with Gasteiger partial charge in [-0.2, -0.15) is 0 Å². The number of rotatable bonds is 5. The molecule has 0 aliphatic heterocycles. The Bertz CT molecular complexity index is 1130. The Hall–Kier alpha value is -2.63. The predicted molar refractivity (Wildman–Crippen MR) is 111 cm³/mol. The summed E-state index contributed by atoms with van der Waals surface area (Å²) in [5.41, 5.74) is 2.97. The van der Waals surface area contributed by atoms with Crippen LogP contribution in [-0.2, 0) is 6.54 Å². The molecule has 2 heterocycles. The SMILES string of the molecule is Cc1ccc(OCCn2cnc3scc(-c4ccc(Cl)cc4)c3c2=O)cc1. The van der Waals surface area contributed by atoms with E-state index in [4.69, 9.17) is 16.3 Å². The van der Waals surface area contributed by atoms with Gasteiger partial charge < -0.3 is 4.74 Å². The van der Waals surface area contributed by atoms with Crippen molar-refractivity contribution in [3.63, 3.8) is 0 Å². The van der Waals surface area contributed by atoms with E-state index in [9.17, 15) is 4.79 Å². The van der Waals surface area contributed by atoms with Crippen LogP contribution in [0.15, 0.2) is 65.0 Å². The first-order chi connectivity index (χ1) is 13.1. The molecule has 0 unspecified atom stereocenters. The Morgan fingerprint density at radius 3 is 2.59 bits per heavy atom. The molecular weight excluding hydrogens is 380 g/mol. The van der Waals surface area contributed by atoms with Crippen LogP contribution in [0.25, 0.3) is 21.3 Å². The molecule has 0 radical (unpaired) electrons. The number of aromatic nitrogens is 2. The fourth-order valence-electron chi connectivity index (χ4n) is 2.87. The molecule has 0 fully saturated rings. The molecule has 0 N–H and O–H groups in total. The standard InChI is InChI=1S/C21H17ClN2O2S/c1-14-2-8-17(9-3-14)26-11-10-24-13-23-20-19(21(24)25)18(12-27-20)15-4-6-16(22)7-5-15/h2-9,12-13H,10-11H2,1H3. The summed E-state index contributed by atoms with van der Waals surface area (Å²) in [7, 11) is 0. The van der Waals surface area contributed by atoms with Crippen LogP contribution in [0, 0.1) is 6.92 Å². The molecule has 0 saturated carbocycles. The average molecular weight is 397 g/mol. The summed E-state index contributed by atoms with van der Waals surface area (Å²) in [4.78, 5) is 18.2. The maximum absolute atomic E-state index is 13.0. The fourth-order valence-corrected chi connectivity index (χ4v) is 3.90. The van der Waals surface area contributed by atoms with Crippen LogP contribution in [0.2, 0.25) is 5.02 Å². The topological polar surface area (TPSA) is 44.1 Å². The highest BCUT2D eigenvalue weighted by Crippen LogP contribution is 2.31. The Labute approximate surface area is 165 Å². The number of nitrogens with zero attached hydrogens (tertiary/aromatic N) is 2. The van der Waals surface area contributed by atoms with Gasteiger partial charge in [0.2, 0.25) is 0 Å². The third-order valence-electron chi connectivity index (χ3n) is 4.34. The van der Waals surface area contributed by atoms with Crippen molar-refractivity contribution < 1.29 is 4.74 Å². The van der Waals surface area contributed by atoms with E-state index in [1.807, 2.05) is 60.8 Å². The second-order valence-electron chi connectivity index (χ2n) is 6.24. The largest absolute Gasteiger partial charge is 0.492 e. The second-order valence-corrected chi connectivity index (χ2v) is 7.54. The van der Waals surface area contributed by atoms with Gasteiger partial charge in [-0.3, -0.25) is 9.36 Å². The molecule has 4 nitrogen and oxygen atoms in total. The van der Waals surface area contributed by atoms with Crippen LogP contribution in [-0.4, -0.2) is 16.2 Å². The molecule has 0 amide bonds. The van der Waals surface area contributed by atoms with Gasteiger partial charge in [-0.05, 0) is 36.8 Å². The zero-order valence-electron chi connectivity index (χ0n) is 14.7. The quantitative estimate of drug-likeness (QED) is 0.467. The summed E-state index contributed by atoms with van der Waals surface area (Å²) >= 11 is 7.44. The summed E-state index contributed by atoms with van der Waals surface area (Å²) in [6.45, 7) is 2.87. The lowest BCUT2D eigenvalue weighted by Crippen LogP contribution is -2.23. The van der Waals surface area contributed by atoms with Gasteiger partial charge >= 0.3 is 0 Å². The number of hydrogen-bond acceptors (Lipinski definition) is 4. The van der Waals surface area contributed by atoms with Crippen molar-refractivity contribution in [2.75, 3.05) is 6.61 Å². The first-order valence-electron chi connectivity index (χ1n) is 8.54. The maximum atomic E-state index is 13.0. The van der Waals surface area contributed by atoms with Crippen molar-refractivity contribution in [2.24, 2.45) is 0 Å². The molecule has 136 valence electrons. The van der Waals surface area contributed by atoms with Crippen LogP contribution in [0.4, 0.5) is 0 Å². The summed E-state index contributed by atoms with van der Waals surface area (Å²) in [6.07, 6.45) is 1.59. The van der Waals surface area contributed by atoms with Gasteiger partial charge in [0.1, 0.15) is 17.2 Å². The van der Waals surface area contributed by atoms with Crippen molar-refractivity contribution in [3.8, 4) is 16.9 Å². The lowest BCUT2D eigenvalue weighted by atomic mass is 10.1. The third kappa shape index (κ3) is 3.75. The van der Waals surface area contributed by atoms with E-state index in [-0.39, 0.29) is 5.56 Å². The normalized spacial score (nSPS) is 11.0. The molecule has 4 rings (SSSR count). The van der Waals surface area contributed by atoms with Crippen molar-refractivity contribution in [2.45, 2.75) is 13.5 Å². The predicted octanol–water partition coefficient (Wildman–Crippen LogP) is 5.17. The number of ether oxygens (including phenoxy) is 1. The van der Waals surface area contributed by atoms with E-state index in [0.717, 1.165) is 21.7 Å². The zero-order chi connectivity index (χ0) is 18.8. The minimum atomic E-state index is -0.0568. The Kier molecular flexibility index (Phi) is 4.97. The number of thiophene rings is 1. The molecule has 6 heteroatoms. The van der Waals surface area contributed by atoms with Crippen LogP contribution in [0.5, 0.6) is 5.75 Å². The smallest absolute Gasteiger partial charge is 0.262 e. The molecule has 0 spiro atoms. The van der Waals surface area contributed by atoms with E-state index in [1.54, 1.807) is 10.9 Å². The van der Waals surface area contributed by atoms with Crippen LogP contribution in [0.1, 0.15) is 5.56 Å². The minimum absolute atomic E-state index is 0.0568. The second kappa shape index (κ2) is 7.55. The molecule has 0 bridgehead atoms. The number of halogens is 1. The molecule has 0 aliphatic rings. The van der Waals surface area contributed by atoms with Gasteiger partial charge in [0.25, 0.3) is 5.56 Å². The molecule has 27 heavy (non-hydrogen) atoms. The Balaban J connectivity index is 1.59. The molecule has 0 aliphatic carbocycles. The zero-order valence-corrected chi connectivity index (χ0v) is 16.3. The monoisotopic (exact) mass is 396 g/mol. The highest BCUT2D eigenvalue weighted by Gasteiger charge is 2.13. The molecule has 2 aromatic heterocycles. The van der Waals surface area contributed by atoms with Crippen LogP contribution < -0.4 is 10.3 Å². The highest BCUT2D eigenvalue weighted by atomic mass is 35.5. The highest BCUT2D eigenvalue weighted by molar-refractivity contribution is 7.17. The van der Waals surface area contributed by atoms with E-state index in [1.165, 1.54) is 16.9 Å². The third-order valence-corrected chi connectivity index (χ3v) is 5.48. The lowest BCUT2D eigenvalue weighted by molar-refractivity contribution is 0.296. The van der Waals surface area contributed by atoms with Crippen molar-refractivity contribution in [1.29, 1.82) is 0 Å². The molecule has 0 saturated heterocycles. The van der Waals surface area contributed by atoms with E-state index < -0.39 is 0 Å². The first-order valence-corrected chi connectivity index (χ1v) is 9.79. The van der Waals surface area contributed by atoms with Gasteiger partial charge in [-0.1, -0.05) is 41.4 Å². The average Bonchev–Trinajstić information content (AvgIpc) is 3.11. The van der Waals surface area contributed by atoms with Gasteiger partial charge in [-0.15, -0.1) is 11.3 Å². The van der Waals surface area contributed by atoms with Crippen LogP contribution in [0.3, 0.4) is 0 Å². The van der Waals surface area contributed by atoms with Crippen LogP contribution >= 0.6 is 22.9 Å². The summed E-state index contributed by atoms with van der Waals surface area (Å²) in [5, 5.41) is 3.28. The number of aryl methyl sites for hydroxylation is 1. The summed E-state index contributed by atoms with van der Waals surface area (Å²) < 4.78 is 7.34. The maximum Gasteiger partial charge on any atom is 0.262 e. The van der Waals surface area contributed by atoms with Crippen molar-refractivity contribution in [1.82, 2.24) is 9.55 Å². The minimum Gasteiger partial charge on any atom is -0.492 e. The number of hydrogen-bond donors (Lipinski definition) is 0. The van der Waals surface area contributed by atoms with Gasteiger partial charge in [-0.25, -0.2) is 4.98 Å². The van der Waals surface area contributed by atoms with E-state index >= 15 is 0 Å². The van der Waals surface area contributed by atoms with Gasteiger partial charge in [0.15, 0.2) is 0 Å².